The van der Waals surface area contributed by atoms with Crippen molar-refractivity contribution in [2.75, 3.05) is 32.9 Å². The van der Waals surface area contributed by atoms with Gasteiger partial charge >= 0.3 is 0 Å². The Hall–Kier alpha value is -0.970. The average molecular weight is 304 g/mol. The predicted octanol–water partition coefficient (Wildman–Crippen LogP) is 2.65. The lowest BCUT2D eigenvalue weighted by Gasteiger charge is -2.10. The molecule has 0 fully saturated rings. The second kappa shape index (κ2) is 7.58. The van der Waals surface area contributed by atoms with Crippen LogP contribution in [0.2, 0.25) is 10.0 Å². The van der Waals surface area contributed by atoms with Crippen LogP contribution in [0.15, 0.2) is 12.1 Å². The van der Waals surface area contributed by atoms with E-state index in [0.717, 1.165) is 19.4 Å². The quantitative estimate of drug-likeness (QED) is 0.627. The number of halogens is 2. The third kappa shape index (κ3) is 5.27. The van der Waals surface area contributed by atoms with E-state index in [0.29, 0.717) is 22.8 Å². The molecule has 4 nitrogen and oxygen atoms in total. The highest BCUT2D eigenvalue weighted by molar-refractivity contribution is 6.44. The number of carbonyl (C=O) groups is 1. The number of anilines is 1. The normalized spacial score (nSPS) is 10.8. The van der Waals surface area contributed by atoms with Gasteiger partial charge in [-0.2, -0.15) is 0 Å². The number of nitrogens with two attached hydrogens (primary N) is 1. The molecule has 0 saturated heterocycles. The van der Waals surface area contributed by atoms with Crippen molar-refractivity contribution in [3.8, 4) is 0 Å². The molecule has 0 spiro atoms. The van der Waals surface area contributed by atoms with Gasteiger partial charge in [0.1, 0.15) is 0 Å². The van der Waals surface area contributed by atoms with Crippen molar-refractivity contribution in [2.45, 2.75) is 12.8 Å². The van der Waals surface area contributed by atoms with Gasteiger partial charge in [0, 0.05) is 12.2 Å². The van der Waals surface area contributed by atoms with Crippen molar-refractivity contribution in [2.24, 2.45) is 0 Å². The Morgan fingerprint density at radius 2 is 2.00 bits per heavy atom. The van der Waals surface area contributed by atoms with Gasteiger partial charge in [-0.3, -0.25) is 4.79 Å². The smallest absolute Gasteiger partial charge is 0.252 e. The van der Waals surface area contributed by atoms with Gasteiger partial charge in [0.2, 0.25) is 0 Å². The van der Waals surface area contributed by atoms with Gasteiger partial charge < -0.3 is 16.0 Å². The molecule has 0 saturated carbocycles. The lowest BCUT2D eigenvalue weighted by molar-refractivity contribution is 0.0953. The molecule has 0 aliphatic rings. The molecule has 1 aromatic rings. The number of nitrogens with one attached hydrogen (secondary N) is 1. The van der Waals surface area contributed by atoms with Gasteiger partial charge in [0.05, 0.1) is 15.6 Å². The van der Waals surface area contributed by atoms with Crippen LogP contribution in [0.4, 0.5) is 5.69 Å². The Kier molecular flexibility index (Phi) is 6.42. The molecule has 1 rings (SSSR count). The molecular formula is C13H19Cl2N3O. The molecule has 0 bridgehead atoms. The lowest BCUT2D eigenvalue weighted by atomic mass is 10.2. The van der Waals surface area contributed by atoms with E-state index in [1.807, 2.05) is 14.1 Å². The maximum absolute atomic E-state index is 11.9. The number of rotatable bonds is 6. The van der Waals surface area contributed by atoms with Gasteiger partial charge in [-0.25, -0.2) is 0 Å². The van der Waals surface area contributed by atoms with Crippen LogP contribution >= 0.6 is 23.2 Å². The SMILES string of the molecule is CN(C)CCCCNC(=O)c1cc(N)cc(Cl)c1Cl. The Bertz CT molecular complexity index is 450. The second-order valence-electron chi connectivity index (χ2n) is 4.63. The molecule has 0 heterocycles. The molecule has 6 heteroatoms. The topological polar surface area (TPSA) is 58.4 Å². The van der Waals surface area contributed by atoms with E-state index < -0.39 is 0 Å². The second-order valence-corrected chi connectivity index (χ2v) is 5.42. The third-order valence-corrected chi connectivity index (χ3v) is 3.41. The molecule has 0 atom stereocenters. The molecule has 3 N–H and O–H groups in total. The molecule has 0 aliphatic carbocycles. The first-order valence-electron chi connectivity index (χ1n) is 6.09. The van der Waals surface area contributed by atoms with Crippen LogP contribution < -0.4 is 11.1 Å². The number of hydrogen-bond donors (Lipinski definition) is 2. The van der Waals surface area contributed by atoms with Crippen molar-refractivity contribution in [1.82, 2.24) is 10.2 Å². The highest BCUT2D eigenvalue weighted by Crippen LogP contribution is 2.28. The summed E-state index contributed by atoms with van der Waals surface area (Å²) in [7, 11) is 4.04. The van der Waals surface area contributed by atoms with E-state index in [-0.39, 0.29) is 10.9 Å². The van der Waals surface area contributed by atoms with Gasteiger partial charge in [0.15, 0.2) is 0 Å². The summed E-state index contributed by atoms with van der Waals surface area (Å²) < 4.78 is 0. The number of carbonyl (C=O) groups excluding carboxylic acids is 1. The first-order valence-corrected chi connectivity index (χ1v) is 6.85. The van der Waals surface area contributed by atoms with Crippen LogP contribution in [-0.4, -0.2) is 38.0 Å². The highest BCUT2D eigenvalue weighted by Gasteiger charge is 2.13. The van der Waals surface area contributed by atoms with E-state index >= 15 is 0 Å². The molecule has 106 valence electrons. The van der Waals surface area contributed by atoms with Crippen molar-refractivity contribution in [1.29, 1.82) is 0 Å². The van der Waals surface area contributed by atoms with Crippen molar-refractivity contribution in [3.63, 3.8) is 0 Å². The zero-order valence-corrected chi connectivity index (χ0v) is 12.7. The molecule has 0 aromatic heterocycles. The zero-order valence-electron chi connectivity index (χ0n) is 11.2. The van der Waals surface area contributed by atoms with Gasteiger partial charge in [-0.15, -0.1) is 0 Å². The maximum atomic E-state index is 11.9. The molecule has 1 aromatic carbocycles. The van der Waals surface area contributed by atoms with Gasteiger partial charge in [-0.05, 0) is 45.6 Å². The van der Waals surface area contributed by atoms with E-state index in [1.165, 1.54) is 12.1 Å². The van der Waals surface area contributed by atoms with E-state index in [1.54, 1.807) is 0 Å². The Morgan fingerprint density at radius 1 is 1.32 bits per heavy atom. The summed E-state index contributed by atoms with van der Waals surface area (Å²) in [6.45, 7) is 1.61. The molecule has 1 amide bonds. The van der Waals surface area contributed by atoms with Crippen LogP contribution in [0, 0.1) is 0 Å². The Morgan fingerprint density at radius 3 is 2.63 bits per heavy atom. The minimum absolute atomic E-state index is 0.238. The van der Waals surface area contributed by atoms with Crippen LogP contribution in [-0.2, 0) is 0 Å². The van der Waals surface area contributed by atoms with Crippen molar-refractivity contribution >= 4 is 34.8 Å². The average Bonchev–Trinajstić information content (AvgIpc) is 2.32. The van der Waals surface area contributed by atoms with Crippen molar-refractivity contribution in [3.05, 3.63) is 27.7 Å². The van der Waals surface area contributed by atoms with Crippen LogP contribution in [0.5, 0.6) is 0 Å². The zero-order chi connectivity index (χ0) is 14.4. The van der Waals surface area contributed by atoms with E-state index in [9.17, 15) is 4.79 Å². The number of hydrogen-bond acceptors (Lipinski definition) is 3. The number of nitrogens with zero attached hydrogens (tertiary/aromatic N) is 1. The fraction of sp³-hybridized carbons (Fsp3) is 0.462. The summed E-state index contributed by atoms with van der Waals surface area (Å²) in [5.74, 6) is -0.246. The number of nitrogen functional groups attached to an aromatic ring is 1. The Balaban J connectivity index is 2.50. The number of benzene rings is 1. The predicted molar refractivity (Wildman–Crippen MR) is 81.0 cm³/mol. The Labute approximate surface area is 123 Å². The van der Waals surface area contributed by atoms with Gasteiger partial charge in [0.25, 0.3) is 5.91 Å². The van der Waals surface area contributed by atoms with Crippen molar-refractivity contribution < 1.29 is 4.79 Å². The molecule has 0 unspecified atom stereocenters. The van der Waals surface area contributed by atoms with Crippen LogP contribution in [0.1, 0.15) is 23.2 Å². The van der Waals surface area contributed by atoms with Crippen LogP contribution in [0.3, 0.4) is 0 Å². The third-order valence-electron chi connectivity index (χ3n) is 2.61. The van der Waals surface area contributed by atoms with E-state index in [4.69, 9.17) is 28.9 Å². The van der Waals surface area contributed by atoms with E-state index in [2.05, 4.69) is 10.2 Å². The maximum Gasteiger partial charge on any atom is 0.252 e. The fourth-order valence-electron chi connectivity index (χ4n) is 1.63. The lowest BCUT2D eigenvalue weighted by Crippen LogP contribution is -2.25. The standard InChI is InChI=1S/C13H19Cl2N3O/c1-18(2)6-4-3-5-17-13(19)10-7-9(16)8-11(14)12(10)15/h7-8H,3-6,16H2,1-2H3,(H,17,19). The minimum Gasteiger partial charge on any atom is -0.399 e. The summed E-state index contributed by atoms with van der Waals surface area (Å²) in [6, 6.07) is 3.06. The summed E-state index contributed by atoms with van der Waals surface area (Å²) in [5.41, 5.74) is 6.39. The summed E-state index contributed by atoms with van der Waals surface area (Å²) in [4.78, 5) is 14.1. The van der Waals surface area contributed by atoms with Gasteiger partial charge in [-0.1, -0.05) is 23.2 Å². The first kappa shape index (κ1) is 16.1. The summed E-state index contributed by atoms with van der Waals surface area (Å²) in [6.07, 6.45) is 1.94. The minimum atomic E-state index is -0.246. The van der Waals surface area contributed by atoms with Crippen LogP contribution in [0.25, 0.3) is 0 Å². The first-order chi connectivity index (χ1) is 8.91. The molecule has 19 heavy (non-hydrogen) atoms. The summed E-state index contributed by atoms with van der Waals surface area (Å²) in [5, 5.41) is 3.34. The number of amides is 1. The highest BCUT2D eigenvalue weighted by atomic mass is 35.5. The fourth-order valence-corrected chi connectivity index (χ4v) is 2.05. The molecule has 0 radical (unpaired) electrons. The molecular weight excluding hydrogens is 285 g/mol. The number of unbranched alkanes of at least 4 members (excludes halogenated alkanes) is 1. The molecule has 0 aliphatic heterocycles. The largest absolute Gasteiger partial charge is 0.399 e. The summed E-state index contributed by atoms with van der Waals surface area (Å²) >= 11 is 11.9. The monoisotopic (exact) mass is 303 g/mol.